The molecule has 2 aliphatic rings. The number of hydrogen-bond donors (Lipinski definition) is 1. The summed E-state index contributed by atoms with van der Waals surface area (Å²) < 4.78 is 5.81. The van der Waals surface area contributed by atoms with E-state index in [-0.39, 0.29) is 0 Å². The molecule has 1 aliphatic heterocycles. The van der Waals surface area contributed by atoms with Crippen LogP contribution in [0, 0.1) is 0 Å². The molecule has 0 spiro atoms. The number of rotatable bonds is 4. The molecule has 0 aromatic carbocycles. The van der Waals surface area contributed by atoms with Gasteiger partial charge in [0.15, 0.2) is 0 Å². The Labute approximate surface area is 97.9 Å². The van der Waals surface area contributed by atoms with E-state index in [2.05, 4.69) is 17.9 Å². The van der Waals surface area contributed by atoms with Gasteiger partial charge in [0.2, 0.25) is 0 Å². The molecule has 2 N–H and O–H groups in total. The largest absolute Gasteiger partial charge is 0.492 e. The van der Waals surface area contributed by atoms with E-state index in [1.807, 2.05) is 0 Å². The van der Waals surface area contributed by atoms with Crippen molar-refractivity contribution >= 4 is 0 Å². The third kappa shape index (κ3) is 2.79. The Kier molecular flexibility index (Phi) is 3.88. The van der Waals surface area contributed by atoms with Gasteiger partial charge in [-0.3, -0.25) is 4.90 Å². The molecule has 0 unspecified atom stereocenters. The van der Waals surface area contributed by atoms with Crippen LogP contribution in [-0.2, 0) is 4.74 Å². The molecule has 0 aromatic heterocycles. The van der Waals surface area contributed by atoms with Crippen LogP contribution >= 0.6 is 0 Å². The van der Waals surface area contributed by atoms with Crippen LogP contribution in [0.1, 0.15) is 32.6 Å². The summed E-state index contributed by atoms with van der Waals surface area (Å²) in [6.07, 6.45) is 6.84. The van der Waals surface area contributed by atoms with E-state index in [9.17, 15) is 0 Å². The van der Waals surface area contributed by atoms with Gasteiger partial charge >= 0.3 is 0 Å². The molecule has 3 nitrogen and oxygen atoms in total. The Hall–Kier alpha value is -0.960. The molecule has 1 fully saturated rings. The molecule has 16 heavy (non-hydrogen) atoms. The zero-order valence-corrected chi connectivity index (χ0v) is 10.2. The summed E-state index contributed by atoms with van der Waals surface area (Å²) in [6.45, 7) is 6.36. The summed E-state index contributed by atoms with van der Waals surface area (Å²) >= 11 is 0. The van der Waals surface area contributed by atoms with E-state index in [0.29, 0.717) is 0 Å². The average molecular weight is 222 g/mol. The van der Waals surface area contributed by atoms with Crippen LogP contribution in [0.5, 0.6) is 0 Å². The number of nitrogens with zero attached hydrogens (tertiary/aromatic N) is 1. The Balaban J connectivity index is 1.75. The standard InChI is InChI=1S/C13H22N2O/c1-11-12(14)5-4-6-13(11)16-10-9-15-7-2-3-8-15/h6H,2-5,7-10,14H2,1H3. The van der Waals surface area contributed by atoms with E-state index in [1.165, 1.54) is 25.9 Å². The molecule has 0 saturated carbocycles. The zero-order valence-electron chi connectivity index (χ0n) is 10.2. The minimum absolute atomic E-state index is 0.788. The Morgan fingerprint density at radius 3 is 2.88 bits per heavy atom. The van der Waals surface area contributed by atoms with E-state index >= 15 is 0 Å². The van der Waals surface area contributed by atoms with Crippen LogP contribution in [0.3, 0.4) is 0 Å². The van der Waals surface area contributed by atoms with Crippen molar-refractivity contribution in [2.75, 3.05) is 26.2 Å². The highest BCUT2D eigenvalue weighted by Gasteiger charge is 2.13. The first kappa shape index (κ1) is 11.5. The highest BCUT2D eigenvalue weighted by molar-refractivity contribution is 5.31. The van der Waals surface area contributed by atoms with Gasteiger partial charge in [-0.1, -0.05) is 0 Å². The van der Waals surface area contributed by atoms with Crippen molar-refractivity contribution < 1.29 is 4.74 Å². The van der Waals surface area contributed by atoms with Crippen LogP contribution in [0.4, 0.5) is 0 Å². The number of nitrogens with two attached hydrogens (primary N) is 1. The lowest BCUT2D eigenvalue weighted by Crippen LogP contribution is -2.24. The molecule has 3 heteroatoms. The van der Waals surface area contributed by atoms with Gasteiger partial charge in [0.1, 0.15) is 12.4 Å². The molecule has 1 heterocycles. The summed E-state index contributed by atoms with van der Waals surface area (Å²) in [4.78, 5) is 2.46. The lowest BCUT2D eigenvalue weighted by Gasteiger charge is -2.20. The van der Waals surface area contributed by atoms with Crippen molar-refractivity contribution in [3.63, 3.8) is 0 Å². The first-order chi connectivity index (χ1) is 7.77. The van der Waals surface area contributed by atoms with Gasteiger partial charge in [-0.25, -0.2) is 0 Å². The Bertz CT molecular complexity index is 301. The lowest BCUT2D eigenvalue weighted by atomic mass is 10.0. The van der Waals surface area contributed by atoms with Crippen molar-refractivity contribution in [1.82, 2.24) is 4.90 Å². The van der Waals surface area contributed by atoms with Crippen LogP contribution in [0.25, 0.3) is 0 Å². The predicted octanol–water partition coefficient (Wildman–Crippen LogP) is 2.01. The van der Waals surface area contributed by atoms with Crippen molar-refractivity contribution in [2.45, 2.75) is 32.6 Å². The maximum atomic E-state index is 5.91. The number of allylic oxidation sites excluding steroid dienone is 3. The summed E-state index contributed by atoms with van der Waals surface area (Å²) in [5.74, 6) is 1.00. The fraction of sp³-hybridized carbons (Fsp3) is 0.692. The monoisotopic (exact) mass is 222 g/mol. The first-order valence-corrected chi connectivity index (χ1v) is 6.28. The van der Waals surface area contributed by atoms with Gasteiger partial charge in [-0.2, -0.15) is 0 Å². The molecule has 0 aromatic rings. The van der Waals surface area contributed by atoms with Gasteiger partial charge in [-0.05, 0) is 51.8 Å². The smallest absolute Gasteiger partial charge is 0.120 e. The highest BCUT2D eigenvalue weighted by Crippen LogP contribution is 2.22. The molecule has 90 valence electrons. The molecule has 1 aliphatic carbocycles. The van der Waals surface area contributed by atoms with Gasteiger partial charge in [0.05, 0.1) is 0 Å². The summed E-state index contributed by atoms with van der Waals surface area (Å²) in [5.41, 5.74) is 8.03. The van der Waals surface area contributed by atoms with Crippen LogP contribution in [-0.4, -0.2) is 31.1 Å². The maximum Gasteiger partial charge on any atom is 0.120 e. The number of ether oxygens (including phenoxy) is 1. The second kappa shape index (κ2) is 5.39. The van der Waals surface area contributed by atoms with E-state index < -0.39 is 0 Å². The van der Waals surface area contributed by atoms with E-state index in [1.54, 1.807) is 0 Å². The quantitative estimate of drug-likeness (QED) is 0.790. The SMILES string of the molecule is CC1=C(N)CCC=C1OCCN1CCCC1. The molecular weight excluding hydrogens is 200 g/mol. The second-order valence-electron chi connectivity index (χ2n) is 4.65. The van der Waals surface area contributed by atoms with Gasteiger partial charge in [-0.15, -0.1) is 0 Å². The normalized spacial score (nSPS) is 22.4. The fourth-order valence-electron chi connectivity index (χ4n) is 2.32. The second-order valence-corrected chi connectivity index (χ2v) is 4.65. The zero-order chi connectivity index (χ0) is 11.4. The molecule has 0 bridgehead atoms. The van der Waals surface area contributed by atoms with E-state index in [4.69, 9.17) is 10.5 Å². The van der Waals surface area contributed by atoms with Crippen LogP contribution in [0.15, 0.2) is 23.1 Å². The van der Waals surface area contributed by atoms with Gasteiger partial charge in [0, 0.05) is 17.8 Å². The molecule has 0 atom stereocenters. The van der Waals surface area contributed by atoms with Crippen LogP contribution in [0.2, 0.25) is 0 Å². The van der Waals surface area contributed by atoms with Crippen molar-refractivity contribution in [2.24, 2.45) is 5.73 Å². The summed E-state index contributed by atoms with van der Waals surface area (Å²) in [5, 5.41) is 0. The summed E-state index contributed by atoms with van der Waals surface area (Å²) in [7, 11) is 0. The summed E-state index contributed by atoms with van der Waals surface area (Å²) in [6, 6.07) is 0. The number of likely N-dealkylation sites (tertiary alicyclic amines) is 1. The number of hydrogen-bond acceptors (Lipinski definition) is 3. The topological polar surface area (TPSA) is 38.5 Å². The van der Waals surface area contributed by atoms with Gasteiger partial charge < -0.3 is 10.5 Å². The van der Waals surface area contributed by atoms with Crippen molar-refractivity contribution in [3.05, 3.63) is 23.1 Å². The Morgan fingerprint density at radius 1 is 1.38 bits per heavy atom. The highest BCUT2D eigenvalue weighted by atomic mass is 16.5. The first-order valence-electron chi connectivity index (χ1n) is 6.28. The minimum atomic E-state index is 0.788. The Morgan fingerprint density at radius 2 is 2.12 bits per heavy atom. The maximum absolute atomic E-state index is 5.91. The molecule has 2 rings (SSSR count). The molecular formula is C13H22N2O. The average Bonchev–Trinajstić information content (AvgIpc) is 2.77. The van der Waals surface area contributed by atoms with Crippen molar-refractivity contribution in [3.8, 4) is 0 Å². The van der Waals surface area contributed by atoms with Crippen molar-refractivity contribution in [1.29, 1.82) is 0 Å². The fourth-order valence-corrected chi connectivity index (χ4v) is 2.32. The van der Waals surface area contributed by atoms with E-state index in [0.717, 1.165) is 43.0 Å². The molecule has 0 radical (unpaired) electrons. The molecule has 0 amide bonds. The predicted molar refractivity (Wildman–Crippen MR) is 65.8 cm³/mol. The van der Waals surface area contributed by atoms with Crippen LogP contribution < -0.4 is 5.73 Å². The molecule has 1 saturated heterocycles. The minimum Gasteiger partial charge on any atom is -0.492 e. The third-order valence-electron chi connectivity index (χ3n) is 3.46. The third-order valence-corrected chi connectivity index (χ3v) is 3.46. The van der Waals surface area contributed by atoms with Gasteiger partial charge in [0.25, 0.3) is 0 Å². The lowest BCUT2D eigenvalue weighted by molar-refractivity contribution is 0.175.